The highest BCUT2D eigenvalue weighted by Crippen LogP contribution is 2.29. The first kappa shape index (κ1) is 27.0. The average Bonchev–Trinajstić information content (AvgIpc) is 2.95. The zero-order valence-corrected chi connectivity index (χ0v) is 22.9. The number of morpholine rings is 1. The number of ether oxygens (including phenoxy) is 3. The third kappa shape index (κ3) is 7.07. The predicted molar refractivity (Wildman–Crippen MR) is 150 cm³/mol. The van der Waals surface area contributed by atoms with Crippen LogP contribution in [-0.2, 0) is 27.2 Å². The third-order valence-electron chi connectivity index (χ3n) is 8.03. The molecule has 7 heteroatoms. The summed E-state index contributed by atoms with van der Waals surface area (Å²) in [6.45, 7) is 9.96. The Hall–Kier alpha value is -2.61. The summed E-state index contributed by atoms with van der Waals surface area (Å²) in [6.07, 6.45) is 5.30. The minimum absolute atomic E-state index is 0.252. The van der Waals surface area contributed by atoms with Crippen molar-refractivity contribution in [2.75, 3.05) is 70.7 Å². The van der Waals surface area contributed by atoms with Gasteiger partial charge in [-0.2, -0.15) is 0 Å². The van der Waals surface area contributed by atoms with Crippen molar-refractivity contribution in [3.8, 4) is 5.75 Å². The monoisotopic (exact) mass is 521 g/mol. The van der Waals surface area contributed by atoms with Gasteiger partial charge in [-0.25, -0.2) is 0 Å². The van der Waals surface area contributed by atoms with Crippen molar-refractivity contribution in [2.24, 2.45) is 0 Å². The maximum atomic E-state index is 13.3. The average molecular weight is 522 g/mol. The Balaban J connectivity index is 1.33. The number of anilines is 1. The van der Waals surface area contributed by atoms with Crippen LogP contribution in [0.4, 0.5) is 5.69 Å². The summed E-state index contributed by atoms with van der Waals surface area (Å²) in [4.78, 5) is 20.1. The number of likely N-dealkylation sites (tertiary alicyclic amines) is 1. The van der Waals surface area contributed by atoms with Crippen LogP contribution in [-0.4, -0.2) is 87.5 Å². The van der Waals surface area contributed by atoms with Crippen LogP contribution >= 0.6 is 0 Å². The Bertz CT molecular complexity index is 1060. The van der Waals surface area contributed by atoms with Gasteiger partial charge < -0.3 is 24.0 Å². The molecule has 7 nitrogen and oxygen atoms in total. The fourth-order valence-corrected chi connectivity index (χ4v) is 5.93. The molecule has 2 bridgehead atoms. The van der Waals surface area contributed by atoms with E-state index < -0.39 is 0 Å². The van der Waals surface area contributed by atoms with Crippen molar-refractivity contribution in [3.05, 3.63) is 59.2 Å². The molecule has 0 spiro atoms. The van der Waals surface area contributed by atoms with E-state index in [0.29, 0.717) is 32.4 Å². The lowest BCUT2D eigenvalue weighted by atomic mass is 10.00. The maximum absolute atomic E-state index is 13.3. The predicted octanol–water partition coefficient (Wildman–Crippen LogP) is 4.12. The molecular formula is C31H43N3O4. The highest BCUT2D eigenvalue weighted by Gasteiger charge is 2.26. The van der Waals surface area contributed by atoms with Gasteiger partial charge in [0.25, 0.3) is 0 Å². The molecule has 2 aromatic rings. The Labute approximate surface area is 227 Å². The zero-order valence-electron chi connectivity index (χ0n) is 22.9. The fourth-order valence-electron chi connectivity index (χ4n) is 5.93. The van der Waals surface area contributed by atoms with Crippen molar-refractivity contribution in [2.45, 2.75) is 51.6 Å². The van der Waals surface area contributed by atoms with E-state index in [2.05, 4.69) is 64.1 Å². The second kappa shape index (κ2) is 13.5. The molecule has 38 heavy (non-hydrogen) atoms. The Morgan fingerprint density at radius 1 is 0.895 bits per heavy atom. The van der Waals surface area contributed by atoms with Gasteiger partial charge >= 0.3 is 0 Å². The standard InChI is InChI=1S/C31H43N3O4/c1-2-28-8-3-4-11-34(28)31(35)24-32-12-15-37-18-19-38-30-10-9-29(33-13-16-36-17-14-33)22-27(30)21-25-6-5-7-26(20-25)23-32/h5-7,9-10,20,22,28H,2-4,8,11-19,21,23-24H2,1H3. The number of hydrogen-bond acceptors (Lipinski definition) is 6. The maximum Gasteiger partial charge on any atom is 0.237 e. The number of fused-ring (bicyclic) bond motifs is 3. The Kier molecular flexibility index (Phi) is 9.55. The molecule has 3 heterocycles. The highest BCUT2D eigenvalue weighted by molar-refractivity contribution is 5.78. The fraction of sp³-hybridized carbons (Fsp3) is 0.581. The quantitative estimate of drug-likeness (QED) is 0.604. The van der Waals surface area contributed by atoms with Gasteiger partial charge in [0.1, 0.15) is 12.4 Å². The number of carbonyl (C=O) groups is 1. The number of benzene rings is 2. The topological polar surface area (TPSA) is 54.5 Å². The highest BCUT2D eigenvalue weighted by atomic mass is 16.5. The Morgan fingerprint density at radius 2 is 1.71 bits per heavy atom. The van der Waals surface area contributed by atoms with Gasteiger partial charge in [-0.15, -0.1) is 0 Å². The number of piperidine rings is 1. The lowest BCUT2D eigenvalue weighted by Crippen LogP contribution is -2.48. The molecule has 0 N–H and O–H groups in total. The van der Waals surface area contributed by atoms with Crippen molar-refractivity contribution in [1.29, 1.82) is 0 Å². The summed E-state index contributed by atoms with van der Waals surface area (Å²) in [5, 5.41) is 0. The molecule has 0 aliphatic carbocycles. The molecule has 3 aliphatic heterocycles. The van der Waals surface area contributed by atoms with Crippen LogP contribution in [0.25, 0.3) is 0 Å². The summed E-state index contributed by atoms with van der Waals surface area (Å²) in [5.74, 6) is 1.18. The molecule has 0 aromatic heterocycles. The number of amides is 1. The van der Waals surface area contributed by atoms with E-state index >= 15 is 0 Å². The lowest BCUT2D eigenvalue weighted by molar-refractivity contribution is -0.136. The van der Waals surface area contributed by atoms with Crippen LogP contribution in [0, 0.1) is 0 Å². The molecule has 206 valence electrons. The van der Waals surface area contributed by atoms with Crippen molar-refractivity contribution in [1.82, 2.24) is 9.80 Å². The van der Waals surface area contributed by atoms with E-state index in [1.165, 1.54) is 28.8 Å². The van der Waals surface area contributed by atoms with E-state index in [-0.39, 0.29) is 5.91 Å². The summed E-state index contributed by atoms with van der Waals surface area (Å²) in [5.41, 5.74) is 4.89. The molecule has 2 aromatic carbocycles. The normalized spacial score (nSPS) is 21.8. The van der Waals surface area contributed by atoms with Gasteiger partial charge in [0.15, 0.2) is 0 Å². The molecule has 1 atom stereocenters. The van der Waals surface area contributed by atoms with E-state index in [1.54, 1.807) is 0 Å². The van der Waals surface area contributed by atoms with Crippen LogP contribution in [0.15, 0.2) is 42.5 Å². The zero-order chi connectivity index (χ0) is 26.2. The largest absolute Gasteiger partial charge is 0.491 e. The van der Waals surface area contributed by atoms with Crippen LogP contribution in [0.5, 0.6) is 5.75 Å². The molecule has 0 saturated carbocycles. The molecule has 2 saturated heterocycles. The second-order valence-corrected chi connectivity index (χ2v) is 10.7. The van der Waals surface area contributed by atoms with Crippen LogP contribution < -0.4 is 9.64 Å². The van der Waals surface area contributed by atoms with Crippen molar-refractivity contribution < 1.29 is 19.0 Å². The number of carbonyl (C=O) groups excluding carboxylic acids is 1. The molecular weight excluding hydrogens is 478 g/mol. The number of rotatable bonds is 4. The summed E-state index contributed by atoms with van der Waals surface area (Å²) < 4.78 is 17.7. The van der Waals surface area contributed by atoms with Crippen molar-refractivity contribution in [3.63, 3.8) is 0 Å². The van der Waals surface area contributed by atoms with Gasteiger partial charge in [-0.3, -0.25) is 9.69 Å². The van der Waals surface area contributed by atoms with E-state index in [0.717, 1.165) is 77.4 Å². The molecule has 2 fully saturated rings. The van der Waals surface area contributed by atoms with Gasteiger partial charge in [-0.1, -0.05) is 31.2 Å². The summed E-state index contributed by atoms with van der Waals surface area (Å²) >= 11 is 0. The Morgan fingerprint density at radius 3 is 2.58 bits per heavy atom. The molecule has 5 rings (SSSR count). The first-order chi connectivity index (χ1) is 18.7. The van der Waals surface area contributed by atoms with Crippen LogP contribution in [0.3, 0.4) is 0 Å². The first-order valence-electron chi connectivity index (χ1n) is 14.5. The van der Waals surface area contributed by atoms with Gasteiger partial charge in [0.05, 0.1) is 33.0 Å². The van der Waals surface area contributed by atoms with Gasteiger partial charge in [-0.05, 0) is 55.0 Å². The smallest absolute Gasteiger partial charge is 0.237 e. The molecule has 3 aliphatic rings. The molecule has 0 radical (unpaired) electrons. The second-order valence-electron chi connectivity index (χ2n) is 10.7. The minimum atomic E-state index is 0.252. The summed E-state index contributed by atoms with van der Waals surface area (Å²) in [6, 6.07) is 15.7. The van der Waals surface area contributed by atoms with Crippen molar-refractivity contribution >= 4 is 11.6 Å². The van der Waals surface area contributed by atoms with E-state index in [1.807, 2.05) is 0 Å². The molecule has 1 unspecified atom stereocenters. The van der Waals surface area contributed by atoms with Gasteiger partial charge in [0.2, 0.25) is 5.91 Å². The van der Waals surface area contributed by atoms with Gasteiger partial charge in [0, 0.05) is 56.4 Å². The third-order valence-corrected chi connectivity index (χ3v) is 8.03. The minimum Gasteiger partial charge on any atom is -0.491 e. The SMILES string of the molecule is CCC1CCCCN1C(=O)CN1CCOCCOc2ccc(N3CCOCC3)cc2Cc2cccc(c2)C1. The van der Waals surface area contributed by atoms with E-state index in [9.17, 15) is 4.79 Å². The number of hydrogen-bond donors (Lipinski definition) is 0. The number of nitrogens with zero attached hydrogens (tertiary/aromatic N) is 3. The molecule has 1 amide bonds. The van der Waals surface area contributed by atoms with Crippen LogP contribution in [0.2, 0.25) is 0 Å². The first-order valence-corrected chi connectivity index (χ1v) is 14.5. The van der Waals surface area contributed by atoms with Crippen LogP contribution in [0.1, 0.15) is 49.3 Å². The lowest BCUT2D eigenvalue weighted by Gasteiger charge is -2.36. The van der Waals surface area contributed by atoms with E-state index in [4.69, 9.17) is 14.2 Å². The summed E-state index contributed by atoms with van der Waals surface area (Å²) in [7, 11) is 0.